The number of aromatic nitrogens is 1. The number of hydrogen-bond acceptors (Lipinski definition) is 5. The summed E-state index contributed by atoms with van der Waals surface area (Å²) in [4.78, 5) is 21.9. The van der Waals surface area contributed by atoms with Gasteiger partial charge in [0.2, 0.25) is 5.91 Å². The molecule has 6 heteroatoms. The van der Waals surface area contributed by atoms with Crippen molar-refractivity contribution in [3.63, 3.8) is 0 Å². The molecule has 2 aromatic heterocycles. The Kier molecular flexibility index (Phi) is 6.39. The van der Waals surface area contributed by atoms with E-state index in [4.69, 9.17) is 4.42 Å². The van der Waals surface area contributed by atoms with E-state index in [1.54, 1.807) is 12.5 Å². The third kappa shape index (κ3) is 5.00. The Balaban J connectivity index is 1.23. The second-order valence-electron chi connectivity index (χ2n) is 8.05. The zero-order chi connectivity index (χ0) is 19.2. The van der Waals surface area contributed by atoms with E-state index in [9.17, 15) is 4.79 Å². The van der Waals surface area contributed by atoms with Gasteiger partial charge in [0.25, 0.3) is 0 Å². The van der Waals surface area contributed by atoms with Crippen molar-refractivity contribution in [2.45, 2.75) is 44.8 Å². The molecule has 2 aromatic rings. The fourth-order valence-corrected chi connectivity index (χ4v) is 4.47. The van der Waals surface area contributed by atoms with Crippen LogP contribution in [0.4, 0.5) is 0 Å². The largest absolute Gasteiger partial charge is 0.472 e. The first-order chi connectivity index (χ1) is 13.8. The molecule has 0 spiro atoms. The van der Waals surface area contributed by atoms with Crippen LogP contribution in [0.15, 0.2) is 47.5 Å². The number of likely N-dealkylation sites (tertiary alicyclic amines) is 2. The summed E-state index contributed by atoms with van der Waals surface area (Å²) >= 11 is 0. The van der Waals surface area contributed by atoms with E-state index in [0.29, 0.717) is 12.6 Å². The van der Waals surface area contributed by atoms with Crippen LogP contribution in [0, 0.1) is 5.92 Å². The van der Waals surface area contributed by atoms with Crippen LogP contribution in [-0.2, 0) is 17.9 Å². The van der Waals surface area contributed by atoms with Crippen molar-refractivity contribution in [1.29, 1.82) is 0 Å². The lowest BCUT2D eigenvalue weighted by molar-refractivity contribution is -0.127. The molecule has 6 nitrogen and oxygen atoms in total. The molecule has 2 fully saturated rings. The van der Waals surface area contributed by atoms with E-state index in [1.807, 2.05) is 24.5 Å². The molecule has 0 aromatic carbocycles. The number of carbonyl (C=O) groups is 1. The summed E-state index contributed by atoms with van der Waals surface area (Å²) in [6.45, 7) is 5.79. The Morgan fingerprint density at radius 1 is 1.18 bits per heavy atom. The van der Waals surface area contributed by atoms with Gasteiger partial charge in [0.15, 0.2) is 0 Å². The molecular formula is C22H30N4O2. The monoisotopic (exact) mass is 382 g/mol. The average molecular weight is 383 g/mol. The molecule has 150 valence electrons. The van der Waals surface area contributed by atoms with Crippen LogP contribution in [0.3, 0.4) is 0 Å². The molecular weight excluding hydrogens is 352 g/mol. The highest BCUT2D eigenvalue weighted by atomic mass is 16.3. The minimum atomic E-state index is 0.106. The lowest BCUT2D eigenvalue weighted by Crippen LogP contribution is -2.50. The summed E-state index contributed by atoms with van der Waals surface area (Å²) < 4.78 is 5.07. The Morgan fingerprint density at radius 2 is 2.07 bits per heavy atom. The lowest BCUT2D eigenvalue weighted by atomic mass is 9.93. The van der Waals surface area contributed by atoms with Crippen molar-refractivity contribution < 1.29 is 9.21 Å². The first-order valence-corrected chi connectivity index (χ1v) is 10.4. The van der Waals surface area contributed by atoms with Crippen LogP contribution in [0.5, 0.6) is 0 Å². The van der Waals surface area contributed by atoms with Gasteiger partial charge in [0.1, 0.15) is 0 Å². The van der Waals surface area contributed by atoms with E-state index in [0.717, 1.165) is 51.1 Å². The second kappa shape index (κ2) is 9.34. The van der Waals surface area contributed by atoms with Gasteiger partial charge in [-0.15, -0.1) is 0 Å². The predicted molar refractivity (Wildman–Crippen MR) is 107 cm³/mol. The summed E-state index contributed by atoms with van der Waals surface area (Å²) in [5.41, 5.74) is 2.30. The Bertz CT molecular complexity index is 726. The average Bonchev–Trinajstić information content (AvgIpc) is 3.27. The molecule has 1 atom stereocenters. The zero-order valence-corrected chi connectivity index (χ0v) is 16.4. The number of furan rings is 1. The third-order valence-electron chi connectivity index (χ3n) is 6.07. The van der Waals surface area contributed by atoms with Gasteiger partial charge in [-0.25, -0.2) is 0 Å². The summed E-state index contributed by atoms with van der Waals surface area (Å²) in [5, 5.41) is 3.07. The number of nitrogens with zero attached hydrogens (tertiary/aromatic N) is 3. The number of pyridine rings is 1. The Labute approximate surface area is 166 Å². The lowest BCUT2D eigenvalue weighted by Gasteiger charge is -2.42. The van der Waals surface area contributed by atoms with Crippen molar-refractivity contribution in [2.75, 3.05) is 26.2 Å². The molecule has 1 N–H and O–H groups in total. The predicted octanol–water partition coefficient (Wildman–Crippen LogP) is 2.67. The first-order valence-electron chi connectivity index (χ1n) is 10.4. The van der Waals surface area contributed by atoms with Gasteiger partial charge in [-0.1, -0.05) is 6.07 Å². The molecule has 4 rings (SSSR count). The third-order valence-corrected chi connectivity index (χ3v) is 6.07. The van der Waals surface area contributed by atoms with E-state index >= 15 is 0 Å². The van der Waals surface area contributed by atoms with Crippen LogP contribution in [0.25, 0.3) is 0 Å². The van der Waals surface area contributed by atoms with Crippen LogP contribution in [0.2, 0.25) is 0 Å². The maximum Gasteiger partial charge on any atom is 0.224 e. The number of hydrogen-bond donors (Lipinski definition) is 1. The minimum Gasteiger partial charge on any atom is -0.472 e. The Hall–Kier alpha value is -2.18. The molecule has 28 heavy (non-hydrogen) atoms. The number of rotatable bonds is 6. The number of carbonyl (C=O) groups excluding carboxylic acids is 1. The molecule has 0 radical (unpaired) electrons. The van der Waals surface area contributed by atoms with Crippen LogP contribution < -0.4 is 5.32 Å². The van der Waals surface area contributed by atoms with Gasteiger partial charge in [0, 0.05) is 43.6 Å². The maximum atomic E-state index is 12.6. The molecule has 1 amide bonds. The van der Waals surface area contributed by atoms with Crippen LogP contribution >= 0.6 is 0 Å². The van der Waals surface area contributed by atoms with E-state index in [2.05, 4.69) is 26.2 Å². The van der Waals surface area contributed by atoms with Crippen LogP contribution in [-0.4, -0.2) is 52.9 Å². The van der Waals surface area contributed by atoms with Gasteiger partial charge in [-0.05, 0) is 63.0 Å². The first kappa shape index (κ1) is 19.2. The summed E-state index contributed by atoms with van der Waals surface area (Å²) in [7, 11) is 0. The van der Waals surface area contributed by atoms with Crippen LogP contribution in [0.1, 0.15) is 36.8 Å². The second-order valence-corrected chi connectivity index (χ2v) is 8.05. The summed E-state index contributed by atoms with van der Waals surface area (Å²) in [5.74, 6) is 0.286. The maximum absolute atomic E-state index is 12.6. The van der Waals surface area contributed by atoms with Gasteiger partial charge < -0.3 is 9.73 Å². The van der Waals surface area contributed by atoms with Crippen molar-refractivity contribution in [3.05, 3.63) is 54.2 Å². The number of nitrogens with one attached hydrogen (secondary N) is 1. The molecule has 4 heterocycles. The number of piperidine rings is 2. The van der Waals surface area contributed by atoms with Gasteiger partial charge in [-0.3, -0.25) is 19.6 Å². The van der Waals surface area contributed by atoms with Crippen molar-refractivity contribution in [1.82, 2.24) is 20.1 Å². The quantitative estimate of drug-likeness (QED) is 0.832. The standard InChI is InChI=1S/C22H30N4O2/c27-22(24-14-19-7-12-28-17-19)20-4-2-9-26(16-20)21-5-10-25(11-6-21)15-18-3-1-8-23-13-18/h1,3,7-8,12-13,17,20-21H,2,4-6,9-11,14-16H2,(H,24,27). The van der Waals surface area contributed by atoms with Crippen molar-refractivity contribution >= 4 is 5.91 Å². The molecule has 2 saturated heterocycles. The highest BCUT2D eigenvalue weighted by Gasteiger charge is 2.31. The summed E-state index contributed by atoms with van der Waals surface area (Å²) in [6.07, 6.45) is 11.6. The molecule has 0 bridgehead atoms. The van der Waals surface area contributed by atoms with Gasteiger partial charge in [0.05, 0.1) is 18.4 Å². The smallest absolute Gasteiger partial charge is 0.224 e. The molecule has 2 aliphatic rings. The topological polar surface area (TPSA) is 61.6 Å². The Morgan fingerprint density at radius 3 is 2.82 bits per heavy atom. The van der Waals surface area contributed by atoms with Gasteiger partial charge in [-0.2, -0.15) is 0 Å². The fraction of sp³-hybridized carbons (Fsp3) is 0.545. The zero-order valence-electron chi connectivity index (χ0n) is 16.4. The molecule has 1 unspecified atom stereocenters. The molecule has 2 aliphatic heterocycles. The van der Waals surface area contributed by atoms with Crippen molar-refractivity contribution in [2.24, 2.45) is 5.92 Å². The van der Waals surface area contributed by atoms with E-state index in [1.165, 1.54) is 18.4 Å². The highest BCUT2D eigenvalue weighted by molar-refractivity contribution is 5.78. The van der Waals surface area contributed by atoms with E-state index < -0.39 is 0 Å². The number of amides is 1. The van der Waals surface area contributed by atoms with Gasteiger partial charge >= 0.3 is 0 Å². The fourth-order valence-electron chi connectivity index (χ4n) is 4.47. The SMILES string of the molecule is O=C(NCc1ccoc1)C1CCCN(C2CCN(Cc3cccnc3)CC2)C1. The molecule has 0 saturated carbocycles. The van der Waals surface area contributed by atoms with Crippen molar-refractivity contribution in [3.8, 4) is 0 Å². The summed E-state index contributed by atoms with van der Waals surface area (Å²) in [6, 6.07) is 6.66. The minimum absolute atomic E-state index is 0.106. The molecule has 0 aliphatic carbocycles. The normalized spacial score (nSPS) is 22.2. The highest BCUT2D eigenvalue weighted by Crippen LogP contribution is 2.24. The van der Waals surface area contributed by atoms with E-state index in [-0.39, 0.29) is 11.8 Å².